The predicted molar refractivity (Wildman–Crippen MR) is 118 cm³/mol. The number of fused-ring (bicyclic) bond motifs is 1. The molecule has 1 saturated heterocycles. The van der Waals surface area contributed by atoms with Gasteiger partial charge in [-0.25, -0.2) is 4.39 Å². The maximum Gasteiger partial charge on any atom is 0.245 e. The zero-order valence-electron chi connectivity index (χ0n) is 19.2. The number of Topliss-reactive ketones (excluding diaryl/α,β-unsaturated/α-hetero) is 1. The van der Waals surface area contributed by atoms with E-state index in [1.54, 1.807) is 24.3 Å². The standard InChI is InChI=1S/C23H31FN4O4/c1-14(29)19-15-8-6-7-9-17(15)28(26-19)13-18(30)27-12-16(24)21(32-5)20(27)22(31)25-11-10-23(2,3)4/h6-9,16,20-21H,10-13H2,1-5H3,(H,25,31)/t16-,20-,21+/m0/s1. The van der Waals surface area contributed by atoms with Gasteiger partial charge in [-0.3, -0.25) is 19.1 Å². The van der Waals surface area contributed by atoms with Crippen LogP contribution in [0.1, 0.15) is 44.6 Å². The highest BCUT2D eigenvalue weighted by Crippen LogP contribution is 2.26. The SMILES string of the molecule is CO[C@H]1[C@@H](C(=O)NCCC(C)(C)C)N(C(=O)Cn2nc(C(C)=O)c3ccccc32)C[C@@H]1F. The summed E-state index contributed by atoms with van der Waals surface area (Å²) in [5.41, 5.74) is 0.915. The highest BCUT2D eigenvalue weighted by molar-refractivity contribution is 6.05. The summed E-state index contributed by atoms with van der Waals surface area (Å²) in [4.78, 5) is 39.2. The first-order valence-corrected chi connectivity index (χ1v) is 10.7. The number of alkyl halides is 1. The first-order valence-electron chi connectivity index (χ1n) is 10.7. The summed E-state index contributed by atoms with van der Waals surface area (Å²) >= 11 is 0. The Morgan fingerprint density at radius 3 is 2.56 bits per heavy atom. The second-order valence-corrected chi connectivity index (χ2v) is 9.39. The van der Waals surface area contributed by atoms with Crippen molar-refractivity contribution in [1.82, 2.24) is 20.0 Å². The number of hydrogen-bond acceptors (Lipinski definition) is 5. The van der Waals surface area contributed by atoms with Crippen LogP contribution in [0.25, 0.3) is 10.9 Å². The van der Waals surface area contributed by atoms with Gasteiger partial charge in [0.1, 0.15) is 30.6 Å². The summed E-state index contributed by atoms with van der Waals surface area (Å²) in [5, 5.41) is 7.76. The van der Waals surface area contributed by atoms with E-state index in [4.69, 9.17) is 4.74 Å². The molecule has 1 aliphatic rings. The van der Waals surface area contributed by atoms with Gasteiger partial charge in [-0.2, -0.15) is 5.10 Å². The Morgan fingerprint density at radius 1 is 1.25 bits per heavy atom. The molecule has 1 fully saturated rings. The summed E-state index contributed by atoms with van der Waals surface area (Å²) in [6.07, 6.45) is -1.79. The Hall–Kier alpha value is -2.81. The fourth-order valence-corrected chi connectivity index (χ4v) is 4.00. The van der Waals surface area contributed by atoms with Crippen molar-refractivity contribution in [2.75, 3.05) is 20.2 Å². The van der Waals surface area contributed by atoms with Gasteiger partial charge >= 0.3 is 0 Å². The number of halogens is 1. The lowest BCUT2D eigenvalue weighted by Gasteiger charge is -2.27. The average molecular weight is 447 g/mol. The highest BCUT2D eigenvalue weighted by Gasteiger charge is 2.48. The number of para-hydroxylation sites is 1. The molecule has 0 aliphatic carbocycles. The van der Waals surface area contributed by atoms with E-state index in [0.29, 0.717) is 17.4 Å². The summed E-state index contributed by atoms with van der Waals surface area (Å²) in [6.45, 7) is 7.55. The van der Waals surface area contributed by atoms with E-state index in [2.05, 4.69) is 31.2 Å². The van der Waals surface area contributed by atoms with E-state index in [1.807, 2.05) is 0 Å². The molecule has 2 aromatic rings. The molecule has 174 valence electrons. The van der Waals surface area contributed by atoms with Gasteiger partial charge in [0.15, 0.2) is 5.78 Å². The van der Waals surface area contributed by atoms with Gasteiger partial charge in [-0.05, 0) is 17.9 Å². The highest BCUT2D eigenvalue weighted by atomic mass is 19.1. The second-order valence-electron chi connectivity index (χ2n) is 9.39. The van der Waals surface area contributed by atoms with Crippen LogP contribution in [0, 0.1) is 5.41 Å². The summed E-state index contributed by atoms with van der Waals surface area (Å²) < 4.78 is 21.3. The molecule has 2 amide bonds. The first-order chi connectivity index (χ1) is 15.0. The molecule has 1 aliphatic heterocycles. The van der Waals surface area contributed by atoms with Crippen LogP contribution < -0.4 is 5.32 Å². The fraction of sp³-hybridized carbons (Fsp3) is 0.565. The minimum absolute atomic E-state index is 0.0251. The Kier molecular flexibility index (Phi) is 6.97. The molecule has 1 aromatic heterocycles. The molecular formula is C23H31FN4O4. The van der Waals surface area contributed by atoms with Crippen molar-refractivity contribution in [2.24, 2.45) is 5.41 Å². The van der Waals surface area contributed by atoms with Crippen molar-refractivity contribution >= 4 is 28.5 Å². The molecule has 32 heavy (non-hydrogen) atoms. The van der Waals surface area contributed by atoms with Gasteiger partial charge in [0.05, 0.1) is 12.1 Å². The third kappa shape index (κ3) is 4.98. The largest absolute Gasteiger partial charge is 0.376 e. The molecule has 3 atom stereocenters. The van der Waals surface area contributed by atoms with Gasteiger partial charge in [-0.15, -0.1) is 0 Å². The topological polar surface area (TPSA) is 93.5 Å². The molecule has 0 radical (unpaired) electrons. The van der Waals surface area contributed by atoms with Crippen molar-refractivity contribution in [3.05, 3.63) is 30.0 Å². The number of ketones is 1. The van der Waals surface area contributed by atoms with Gasteiger partial charge in [0.2, 0.25) is 11.8 Å². The van der Waals surface area contributed by atoms with Gasteiger partial charge in [-0.1, -0.05) is 39.0 Å². The average Bonchev–Trinajstić information content (AvgIpc) is 3.25. The number of nitrogens with one attached hydrogen (secondary N) is 1. The molecule has 9 heteroatoms. The lowest BCUT2D eigenvalue weighted by Crippen LogP contribution is -2.52. The third-order valence-corrected chi connectivity index (χ3v) is 5.69. The van der Waals surface area contributed by atoms with Crippen LogP contribution in [0.5, 0.6) is 0 Å². The number of aromatic nitrogens is 2. The number of carbonyl (C=O) groups is 3. The Morgan fingerprint density at radius 2 is 1.94 bits per heavy atom. The number of amides is 2. The monoisotopic (exact) mass is 446 g/mol. The summed E-state index contributed by atoms with van der Waals surface area (Å²) in [5.74, 6) is -1.12. The lowest BCUT2D eigenvalue weighted by molar-refractivity contribution is -0.141. The fourth-order valence-electron chi connectivity index (χ4n) is 4.00. The number of rotatable bonds is 7. The third-order valence-electron chi connectivity index (χ3n) is 5.69. The number of methoxy groups -OCH3 is 1. The number of nitrogens with zero attached hydrogens (tertiary/aromatic N) is 3. The van der Waals surface area contributed by atoms with Gasteiger partial charge in [0, 0.05) is 26.0 Å². The Labute approximate surface area is 187 Å². The van der Waals surface area contributed by atoms with Crippen LogP contribution in [0.4, 0.5) is 4.39 Å². The van der Waals surface area contributed by atoms with Crippen molar-refractivity contribution < 1.29 is 23.5 Å². The van der Waals surface area contributed by atoms with Gasteiger partial charge in [0.25, 0.3) is 0 Å². The number of ether oxygens (including phenoxy) is 1. The molecule has 0 saturated carbocycles. The Bertz CT molecular complexity index is 1010. The lowest BCUT2D eigenvalue weighted by atomic mass is 9.92. The van der Waals surface area contributed by atoms with Crippen molar-refractivity contribution in [1.29, 1.82) is 0 Å². The molecule has 2 heterocycles. The number of carbonyl (C=O) groups excluding carboxylic acids is 3. The molecule has 3 rings (SSSR count). The van der Waals surface area contributed by atoms with Crippen LogP contribution >= 0.6 is 0 Å². The summed E-state index contributed by atoms with van der Waals surface area (Å²) in [7, 11) is 1.33. The maximum absolute atomic E-state index is 14.7. The van der Waals surface area contributed by atoms with E-state index in [9.17, 15) is 18.8 Å². The van der Waals surface area contributed by atoms with Gasteiger partial charge < -0.3 is 15.0 Å². The van der Waals surface area contributed by atoms with Crippen LogP contribution in [-0.2, 0) is 20.9 Å². The smallest absolute Gasteiger partial charge is 0.245 e. The molecule has 1 aromatic carbocycles. The molecule has 0 bridgehead atoms. The van der Waals surface area contributed by atoms with E-state index in [1.165, 1.54) is 23.6 Å². The van der Waals surface area contributed by atoms with E-state index in [-0.39, 0.29) is 30.0 Å². The number of benzene rings is 1. The van der Waals surface area contributed by atoms with Crippen LogP contribution in [-0.4, -0.2) is 70.8 Å². The van der Waals surface area contributed by atoms with Crippen molar-refractivity contribution in [2.45, 2.75) is 59.0 Å². The summed E-state index contributed by atoms with van der Waals surface area (Å²) in [6, 6.07) is 6.03. The van der Waals surface area contributed by atoms with Crippen LogP contribution in [0.2, 0.25) is 0 Å². The van der Waals surface area contributed by atoms with Crippen LogP contribution in [0.3, 0.4) is 0 Å². The van der Waals surface area contributed by atoms with E-state index < -0.39 is 30.1 Å². The molecule has 0 unspecified atom stereocenters. The second kappa shape index (κ2) is 9.36. The molecule has 0 spiro atoms. The first kappa shape index (κ1) is 23.8. The zero-order valence-corrected chi connectivity index (χ0v) is 19.2. The predicted octanol–water partition coefficient (Wildman–Crippen LogP) is 2.36. The normalized spacial score (nSPS) is 21.2. The van der Waals surface area contributed by atoms with Crippen LogP contribution in [0.15, 0.2) is 24.3 Å². The van der Waals surface area contributed by atoms with Crippen molar-refractivity contribution in [3.63, 3.8) is 0 Å². The molecule has 1 N–H and O–H groups in total. The minimum Gasteiger partial charge on any atom is -0.376 e. The number of likely N-dealkylation sites (tertiary alicyclic amines) is 1. The Balaban J connectivity index is 1.82. The van der Waals surface area contributed by atoms with E-state index in [0.717, 1.165) is 6.42 Å². The van der Waals surface area contributed by atoms with Crippen molar-refractivity contribution in [3.8, 4) is 0 Å². The zero-order chi connectivity index (χ0) is 23.6. The molecule has 8 nitrogen and oxygen atoms in total. The quantitative estimate of drug-likeness (QED) is 0.659. The molecular weight excluding hydrogens is 415 g/mol. The maximum atomic E-state index is 14.7. The van der Waals surface area contributed by atoms with E-state index >= 15 is 0 Å². The minimum atomic E-state index is -1.48. The number of hydrogen-bond donors (Lipinski definition) is 1.